The van der Waals surface area contributed by atoms with Crippen LogP contribution in [0.3, 0.4) is 0 Å². The maximum Gasteiger partial charge on any atom is 0.494 e. The molecule has 46 heavy (non-hydrogen) atoms. The number of benzene rings is 2. The summed E-state index contributed by atoms with van der Waals surface area (Å²) in [5, 5.41) is 0. The zero-order valence-corrected chi connectivity index (χ0v) is 31.2. The minimum absolute atomic E-state index is 0.218. The van der Waals surface area contributed by atoms with Gasteiger partial charge in [0.15, 0.2) is 23.1 Å². The van der Waals surface area contributed by atoms with Crippen molar-refractivity contribution in [3.63, 3.8) is 0 Å². The fourth-order valence-electron chi connectivity index (χ4n) is 4.45. The second-order valence-electron chi connectivity index (χ2n) is 14.5. The molecule has 254 valence electrons. The van der Waals surface area contributed by atoms with Crippen molar-refractivity contribution in [3.8, 4) is 11.5 Å². The van der Waals surface area contributed by atoms with E-state index in [9.17, 15) is 8.78 Å². The Balaban J connectivity index is 0.000000196. The quantitative estimate of drug-likeness (QED) is 0.315. The van der Waals surface area contributed by atoms with Gasteiger partial charge in [0.2, 0.25) is 0 Å². The van der Waals surface area contributed by atoms with Crippen LogP contribution in [0.15, 0.2) is 40.9 Å². The highest BCUT2D eigenvalue weighted by Gasteiger charge is 2.63. The van der Waals surface area contributed by atoms with E-state index in [4.69, 9.17) is 37.4 Å². The standard InChI is InChI=1S/C13H18BFO3.C12H24B2O4.C7H6BrFO/c1-12(2)13(3,4)18-14(17-12)9-6-7-11(16-5)10(15)8-9;1-9(2)10(3,4)16-13(15-9)14-17-11(5,6)12(7,8)18-14;1-10-7-3-2-5(8)4-6(7)9/h6-8H,1-5H3;1-8H3;2-4H,1H3. The summed E-state index contributed by atoms with van der Waals surface area (Å²) >= 11 is 3.13. The summed E-state index contributed by atoms with van der Waals surface area (Å²) in [4.78, 5) is 0. The Kier molecular flexibility index (Phi) is 11.5. The first kappa shape index (κ1) is 38.8. The van der Waals surface area contributed by atoms with E-state index in [1.807, 2.05) is 83.1 Å². The van der Waals surface area contributed by atoms with Crippen LogP contribution >= 0.6 is 15.9 Å². The van der Waals surface area contributed by atoms with Crippen molar-refractivity contribution < 1.29 is 46.2 Å². The third-order valence-electron chi connectivity index (χ3n) is 9.58. The minimum atomic E-state index is -0.546. The molecule has 0 bridgehead atoms. The summed E-state index contributed by atoms with van der Waals surface area (Å²) in [6, 6.07) is 9.38. The van der Waals surface area contributed by atoms with E-state index in [0.29, 0.717) is 9.94 Å². The molecule has 0 aromatic heterocycles. The lowest BCUT2D eigenvalue weighted by atomic mass is 9.49. The average Bonchev–Trinajstić information content (AvgIpc) is 3.38. The van der Waals surface area contributed by atoms with Crippen molar-refractivity contribution in [3.05, 3.63) is 52.5 Å². The molecule has 0 unspecified atom stereocenters. The Bertz CT molecular complexity index is 1290. The molecule has 3 aliphatic heterocycles. The predicted molar refractivity (Wildman–Crippen MR) is 181 cm³/mol. The molecule has 0 N–H and O–H groups in total. The first-order chi connectivity index (χ1) is 20.9. The van der Waals surface area contributed by atoms with Gasteiger partial charge in [0.25, 0.3) is 0 Å². The molecule has 0 amide bonds. The second kappa shape index (κ2) is 13.7. The van der Waals surface area contributed by atoms with Crippen LogP contribution in [0.4, 0.5) is 8.78 Å². The molecule has 0 radical (unpaired) electrons. The number of ether oxygens (including phenoxy) is 2. The van der Waals surface area contributed by atoms with Crippen molar-refractivity contribution >= 4 is 42.5 Å². The highest BCUT2D eigenvalue weighted by Crippen LogP contribution is 2.43. The molecule has 0 aliphatic carbocycles. The molecule has 0 atom stereocenters. The highest BCUT2D eigenvalue weighted by molar-refractivity contribution is 9.10. The molecule has 0 spiro atoms. The van der Waals surface area contributed by atoms with E-state index in [2.05, 4.69) is 15.9 Å². The van der Waals surface area contributed by atoms with Crippen molar-refractivity contribution in [1.29, 1.82) is 0 Å². The Morgan fingerprint density at radius 1 is 0.522 bits per heavy atom. The number of halogens is 3. The number of methoxy groups -OCH3 is 2. The lowest BCUT2D eigenvalue weighted by Crippen LogP contribution is -2.41. The van der Waals surface area contributed by atoms with Crippen molar-refractivity contribution in [1.82, 2.24) is 0 Å². The number of hydrogen-bond acceptors (Lipinski definition) is 8. The van der Waals surface area contributed by atoms with Crippen LogP contribution in [-0.2, 0) is 27.9 Å². The van der Waals surface area contributed by atoms with E-state index >= 15 is 0 Å². The maximum absolute atomic E-state index is 13.7. The molecule has 3 heterocycles. The van der Waals surface area contributed by atoms with Crippen LogP contribution in [0.1, 0.15) is 83.1 Å². The zero-order chi connectivity index (χ0) is 35.1. The Morgan fingerprint density at radius 2 is 0.848 bits per heavy atom. The number of rotatable bonds is 4. The topological polar surface area (TPSA) is 73.8 Å². The van der Waals surface area contributed by atoms with Crippen LogP contribution in [-0.4, -0.2) is 69.0 Å². The first-order valence-electron chi connectivity index (χ1n) is 15.3. The smallest absolute Gasteiger partial charge is 0.494 e. The van der Waals surface area contributed by atoms with Gasteiger partial charge in [-0.1, -0.05) is 22.0 Å². The summed E-state index contributed by atoms with van der Waals surface area (Å²) in [6.45, 7) is 24.1. The van der Waals surface area contributed by atoms with E-state index in [-0.39, 0.29) is 39.7 Å². The Morgan fingerprint density at radius 3 is 1.17 bits per heavy atom. The minimum Gasteiger partial charge on any atom is -0.494 e. The van der Waals surface area contributed by atoms with Gasteiger partial charge < -0.3 is 37.4 Å². The summed E-state index contributed by atoms with van der Waals surface area (Å²) in [5.74, 6) is -0.278. The summed E-state index contributed by atoms with van der Waals surface area (Å²) in [7, 11) is 1.38. The molecule has 2 aromatic carbocycles. The van der Waals surface area contributed by atoms with Gasteiger partial charge >= 0.3 is 21.1 Å². The number of hydrogen-bond donors (Lipinski definition) is 0. The molecule has 0 saturated carbocycles. The van der Waals surface area contributed by atoms with Crippen molar-refractivity contribution in [2.45, 2.75) is 117 Å². The van der Waals surface area contributed by atoms with Gasteiger partial charge in [0, 0.05) is 4.47 Å². The summed E-state index contributed by atoms with van der Waals surface area (Å²) in [6.07, 6.45) is 0. The fourth-order valence-corrected chi connectivity index (χ4v) is 4.78. The van der Waals surface area contributed by atoms with Crippen LogP contribution in [0.25, 0.3) is 0 Å². The molecule has 2 aromatic rings. The lowest BCUT2D eigenvalue weighted by molar-refractivity contribution is 0.00578. The molecule has 14 heteroatoms. The van der Waals surface area contributed by atoms with Crippen LogP contribution in [0.5, 0.6) is 11.5 Å². The zero-order valence-electron chi connectivity index (χ0n) is 29.6. The molecule has 3 fully saturated rings. The molecule has 5 rings (SSSR count). The average molecular weight is 711 g/mol. The van der Waals surface area contributed by atoms with Crippen LogP contribution < -0.4 is 14.9 Å². The normalized spacial score (nSPS) is 22.8. The third-order valence-corrected chi connectivity index (χ3v) is 10.1. The Labute approximate surface area is 283 Å². The van der Waals surface area contributed by atoms with E-state index in [1.165, 1.54) is 26.4 Å². The molecule has 3 saturated heterocycles. The predicted octanol–water partition coefficient (Wildman–Crippen LogP) is 6.98. The summed E-state index contributed by atoms with van der Waals surface area (Å²) < 4.78 is 72.2. The van der Waals surface area contributed by atoms with Crippen LogP contribution in [0, 0.1) is 11.6 Å². The first-order valence-corrected chi connectivity index (χ1v) is 16.1. The Hall–Kier alpha value is -1.67. The largest absolute Gasteiger partial charge is 0.494 e. The highest BCUT2D eigenvalue weighted by atomic mass is 79.9. The van der Waals surface area contributed by atoms with E-state index in [1.54, 1.807) is 24.3 Å². The maximum atomic E-state index is 13.7. The molecule has 3 aliphatic rings. The second-order valence-corrected chi connectivity index (χ2v) is 15.4. The van der Waals surface area contributed by atoms with Gasteiger partial charge in [-0.3, -0.25) is 0 Å². The molecule has 8 nitrogen and oxygen atoms in total. The lowest BCUT2D eigenvalue weighted by Gasteiger charge is -2.32. The SMILES string of the molecule is CC1(C)OB(B2OC(C)(C)C(C)(C)O2)OC1(C)C.COc1ccc(B2OC(C)(C)C(C)(C)O2)cc1F.COc1ccc(Br)cc1F. The van der Waals surface area contributed by atoms with Gasteiger partial charge in [0.05, 0.1) is 47.8 Å². The monoisotopic (exact) mass is 710 g/mol. The van der Waals surface area contributed by atoms with Gasteiger partial charge in [-0.15, -0.1) is 0 Å². The van der Waals surface area contributed by atoms with Gasteiger partial charge in [0.1, 0.15) is 0 Å². The fraction of sp³-hybridized carbons (Fsp3) is 0.625. The van der Waals surface area contributed by atoms with Crippen molar-refractivity contribution in [2.75, 3.05) is 14.2 Å². The van der Waals surface area contributed by atoms with E-state index < -0.39 is 38.2 Å². The van der Waals surface area contributed by atoms with Crippen LogP contribution in [0.2, 0.25) is 0 Å². The van der Waals surface area contributed by atoms with Gasteiger partial charge in [-0.2, -0.15) is 0 Å². The summed E-state index contributed by atoms with van der Waals surface area (Å²) in [5.41, 5.74) is -1.63. The van der Waals surface area contributed by atoms with Gasteiger partial charge in [-0.25, -0.2) is 8.78 Å². The molecular formula is C32H48B3BrF2O8. The molecular weight excluding hydrogens is 663 g/mol. The third kappa shape index (κ3) is 8.30. The van der Waals surface area contributed by atoms with E-state index in [0.717, 1.165) is 0 Å². The van der Waals surface area contributed by atoms with Crippen molar-refractivity contribution in [2.24, 2.45) is 0 Å². The van der Waals surface area contributed by atoms with Gasteiger partial charge in [-0.05, 0) is 119 Å².